The standard InChI is InChI=1S/C22H29O5P/c1-21(2,3)28(24)19-14(18-15(25-6)11-9-12-16(18)26-7)10-8-13-17(19)27-20(28)22(4,5)23/h8-13,20,23H,1-7H3/t20-,28?/m0/s1. The molecule has 6 heteroatoms. The SMILES string of the molecule is COc1cccc(OC)c1-c1cccc2c1P(=O)(C(C)(C)C)[C@@H](C(C)(C)O)O2. The fourth-order valence-electron chi connectivity index (χ4n) is 3.87. The van der Waals surface area contributed by atoms with Gasteiger partial charge in [-0.05, 0) is 32.0 Å². The van der Waals surface area contributed by atoms with E-state index in [0.29, 0.717) is 22.6 Å². The molecule has 0 spiro atoms. The van der Waals surface area contributed by atoms with Crippen LogP contribution in [0.25, 0.3) is 11.1 Å². The van der Waals surface area contributed by atoms with Gasteiger partial charge in [0.2, 0.25) is 0 Å². The van der Waals surface area contributed by atoms with E-state index in [2.05, 4.69) is 0 Å². The quantitative estimate of drug-likeness (QED) is 0.752. The molecule has 0 saturated carbocycles. The molecule has 0 amide bonds. The van der Waals surface area contributed by atoms with Crippen molar-refractivity contribution >= 4 is 12.4 Å². The van der Waals surface area contributed by atoms with E-state index in [-0.39, 0.29) is 0 Å². The second-order valence-electron chi connectivity index (χ2n) is 8.64. The summed E-state index contributed by atoms with van der Waals surface area (Å²) in [6, 6.07) is 11.1. The van der Waals surface area contributed by atoms with Gasteiger partial charge >= 0.3 is 0 Å². The molecule has 2 atom stereocenters. The summed E-state index contributed by atoms with van der Waals surface area (Å²) in [4.78, 5) is 0. The summed E-state index contributed by atoms with van der Waals surface area (Å²) in [5, 5.41) is 10.8. The van der Waals surface area contributed by atoms with Crippen LogP contribution in [0, 0.1) is 0 Å². The maximum atomic E-state index is 14.7. The first-order chi connectivity index (χ1) is 13.0. The topological polar surface area (TPSA) is 65.0 Å². The Labute approximate surface area is 167 Å². The highest BCUT2D eigenvalue weighted by molar-refractivity contribution is 7.74. The summed E-state index contributed by atoms with van der Waals surface area (Å²) in [5.74, 6) is 0.951. The van der Waals surface area contributed by atoms with E-state index in [1.807, 2.05) is 57.2 Å². The number of methoxy groups -OCH3 is 2. The second kappa shape index (κ2) is 6.82. The number of benzene rings is 2. The molecule has 0 fully saturated rings. The van der Waals surface area contributed by atoms with Gasteiger partial charge in [-0.25, -0.2) is 0 Å². The van der Waals surface area contributed by atoms with E-state index >= 15 is 0 Å². The van der Waals surface area contributed by atoms with Crippen molar-refractivity contribution in [3.8, 4) is 28.4 Å². The highest BCUT2D eigenvalue weighted by atomic mass is 31.2. The first-order valence-electron chi connectivity index (χ1n) is 9.30. The van der Waals surface area contributed by atoms with Gasteiger partial charge in [0.25, 0.3) is 0 Å². The lowest BCUT2D eigenvalue weighted by molar-refractivity contribution is 0.00786. The monoisotopic (exact) mass is 404 g/mol. The van der Waals surface area contributed by atoms with Crippen LogP contribution in [0.4, 0.5) is 0 Å². The summed E-state index contributed by atoms with van der Waals surface area (Å²) in [6.45, 7) is 9.08. The fraction of sp³-hybridized carbons (Fsp3) is 0.455. The molecule has 5 nitrogen and oxygen atoms in total. The summed E-state index contributed by atoms with van der Waals surface area (Å²) in [6.07, 6.45) is 0. The van der Waals surface area contributed by atoms with Crippen molar-refractivity contribution in [1.82, 2.24) is 0 Å². The average molecular weight is 404 g/mol. The molecule has 0 bridgehead atoms. The van der Waals surface area contributed by atoms with Gasteiger partial charge < -0.3 is 23.9 Å². The highest BCUT2D eigenvalue weighted by Gasteiger charge is 2.58. The molecule has 28 heavy (non-hydrogen) atoms. The Kier molecular flexibility index (Phi) is 5.06. The maximum Gasteiger partial charge on any atom is 0.183 e. The zero-order valence-corrected chi connectivity index (χ0v) is 18.5. The van der Waals surface area contributed by atoms with Gasteiger partial charge in [-0.15, -0.1) is 0 Å². The van der Waals surface area contributed by atoms with Crippen molar-refractivity contribution in [3.05, 3.63) is 36.4 Å². The molecule has 0 aromatic heterocycles. The van der Waals surface area contributed by atoms with Gasteiger partial charge in [0.05, 0.1) is 25.1 Å². The molecule has 0 radical (unpaired) electrons. The molecular weight excluding hydrogens is 375 g/mol. The third kappa shape index (κ3) is 3.01. The van der Waals surface area contributed by atoms with Gasteiger partial charge in [0.1, 0.15) is 22.8 Å². The molecule has 2 aromatic rings. The van der Waals surface area contributed by atoms with E-state index in [1.54, 1.807) is 28.1 Å². The van der Waals surface area contributed by atoms with E-state index in [9.17, 15) is 9.67 Å². The third-order valence-electron chi connectivity index (χ3n) is 5.20. The molecule has 152 valence electrons. The van der Waals surface area contributed by atoms with E-state index < -0.39 is 23.7 Å². The zero-order chi connectivity index (χ0) is 20.9. The Morgan fingerprint density at radius 2 is 1.50 bits per heavy atom. The van der Waals surface area contributed by atoms with Crippen LogP contribution in [0.2, 0.25) is 0 Å². The van der Waals surface area contributed by atoms with Crippen LogP contribution in [0.1, 0.15) is 34.6 Å². The first-order valence-corrected chi connectivity index (χ1v) is 11.1. The summed E-state index contributed by atoms with van der Waals surface area (Å²) >= 11 is 0. The van der Waals surface area contributed by atoms with Crippen molar-refractivity contribution in [3.63, 3.8) is 0 Å². The Morgan fingerprint density at radius 3 is 1.96 bits per heavy atom. The van der Waals surface area contributed by atoms with Gasteiger partial charge in [-0.2, -0.15) is 0 Å². The molecule has 2 aromatic carbocycles. The zero-order valence-electron chi connectivity index (χ0n) is 17.6. The summed E-state index contributed by atoms with van der Waals surface area (Å²) in [7, 11) is -0.0263. The van der Waals surface area contributed by atoms with E-state index in [1.165, 1.54) is 0 Å². The maximum absolute atomic E-state index is 14.7. The minimum absolute atomic E-state index is 0.538. The summed E-state index contributed by atoms with van der Waals surface area (Å²) in [5.41, 5.74) is 0.204. The van der Waals surface area contributed by atoms with Crippen molar-refractivity contribution in [1.29, 1.82) is 0 Å². The molecule has 3 rings (SSSR count). The molecule has 0 saturated heterocycles. The Hall–Kier alpha value is -1.97. The predicted octanol–water partition coefficient (Wildman–Crippen LogP) is 4.65. The molecule has 0 aliphatic carbocycles. The number of fused-ring (bicyclic) bond motifs is 1. The van der Waals surface area contributed by atoms with E-state index in [4.69, 9.17) is 14.2 Å². The number of aliphatic hydroxyl groups is 1. The van der Waals surface area contributed by atoms with Crippen LogP contribution in [0.15, 0.2) is 36.4 Å². The van der Waals surface area contributed by atoms with Crippen molar-refractivity contribution in [2.45, 2.75) is 51.2 Å². The normalized spacial score (nSPS) is 21.8. The molecule has 1 N–H and O–H groups in total. The molecule has 1 heterocycles. The van der Waals surface area contributed by atoms with Crippen molar-refractivity contribution in [2.75, 3.05) is 14.2 Å². The molecule has 1 aliphatic heterocycles. The number of rotatable bonds is 4. The predicted molar refractivity (Wildman–Crippen MR) is 113 cm³/mol. The summed E-state index contributed by atoms with van der Waals surface area (Å²) < 4.78 is 32.0. The van der Waals surface area contributed by atoms with Crippen LogP contribution in [0.3, 0.4) is 0 Å². The lowest BCUT2D eigenvalue weighted by atomic mass is 10.0. The molecule has 1 aliphatic rings. The lowest BCUT2D eigenvalue weighted by Crippen LogP contribution is -2.42. The molecular formula is C22H29O5P. The smallest absolute Gasteiger partial charge is 0.183 e. The van der Waals surface area contributed by atoms with Crippen molar-refractivity contribution < 1.29 is 23.9 Å². The van der Waals surface area contributed by atoms with Crippen LogP contribution in [0.5, 0.6) is 17.2 Å². The Morgan fingerprint density at radius 1 is 0.964 bits per heavy atom. The average Bonchev–Trinajstić information content (AvgIpc) is 2.95. The third-order valence-corrected chi connectivity index (χ3v) is 9.71. The van der Waals surface area contributed by atoms with E-state index in [0.717, 1.165) is 11.1 Å². The minimum atomic E-state index is -3.22. The second-order valence-corrected chi connectivity index (χ2v) is 12.2. The fourth-order valence-corrected chi connectivity index (χ4v) is 7.63. The van der Waals surface area contributed by atoms with Crippen LogP contribution in [-0.4, -0.2) is 35.9 Å². The van der Waals surface area contributed by atoms with Crippen molar-refractivity contribution in [2.24, 2.45) is 0 Å². The van der Waals surface area contributed by atoms with Crippen LogP contribution >= 0.6 is 7.14 Å². The highest BCUT2D eigenvalue weighted by Crippen LogP contribution is 2.69. The Balaban J connectivity index is 2.40. The van der Waals surface area contributed by atoms with Crippen LogP contribution < -0.4 is 19.5 Å². The van der Waals surface area contributed by atoms with Gasteiger partial charge in [-0.1, -0.05) is 39.0 Å². The lowest BCUT2D eigenvalue weighted by Gasteiger charge is -2.37. The van der Waals surface area contributed by atoms with Gasteiger partial charge in [0.15, 0.2) is 13.0 Å². The Bertz CT molecular complexity index is 915. The minimum Gasteiger partial charge on any atom is -0.496 e. The molecule has 1 unspecified atom stereocenters. The number of ether oxygens (including phenoxy) is 3. The number of hydrogen-bond donors (Lipinski definition) is 1. The number of hydrogen-bond acceptors (Lipinski definition) is 5. The van der Waals surface area contributed by atoms with Gasteiger partial charge in [0, 0.05) is 10.7 Å². The first kappa shape index (κ1) is 20.8. The largest absolute Gasteiger partial charge is 0.496 e. The van der Waals surface area contributed by atoms with Crippen LogP contribution in [-0.2, 0) is 4.57 Å². The van der Waals surface area contributed by atoms with Gasteiger partial charge in [-0.3, -0.25) is 0 Å².